The van der Waals surface area contributed by atoms with Crippen molar-refractivity contribution in [2.24, 2.45) is 0 Å². The Bertz CT molecular complexity index is 1230. The van der Waals surface area contributed by atoms with Crippen molar-refractivity contribution in [1.29, 1.82) is 0 Å². The molecule has 0 saturated heterocycles. The monoisotopic (exact) mass is 312 g/mol. The third-order valence-corrected chi connectivity index (χ3v) is 4.68. The van der Waals surface area contributed by atoms with Crippen molar-refractivity contribution in [3.05, 3.63) is 60.4 Å². The summed E-state index contributed by atoms with van der Waals surface area (Å²) in [5.74, 6) is 0.489. The Morgan fingerprint density at radius 2 is 1.62 bits per heavy atom. The molecular weight excluding hydrogens is 296 g/mol. The molecule has 2 aromatic carbocycles. The first-order valence-electron chi connectivity index (χ1n) is 8.17. The van der Waals surface area contributed by atoms with E-state index in [1.165, 1.54) is 16.3 Å². The first-order chi connectivity index (χ1) is 11.7. The van der Waals surface area contributed by atoms with Crippen LogP contribution in [0.15, 0.2) is 54.9 Å². The zero-order chi connectivity index (χ0) is 16.3. The maximum atomic E-state index is 4.74. The van der Waals surface area contributed by atoms with Gasteiger partial charge in [-0.3, -0.25) is 4.40 Å². The van der Waals surface area contributed by atoms with Crippen LogP contribution >= 0.6 is 0 Å². The summed E-state index contributed by atoms with van der Waals surface area (Å²) >= 11 is 0. The van der Waals surface area contributed by atoms with Gasteiger partial charge < -0.3 is 0 Å². The van der Waals surface area contributed by atoms with Gasteiger partial charge in [-0.2, -0.15) is 0 Å². The third kappa shape index (κ3) is 1.71. The van der Waals surface area contributed by atoms with E-state index in [-0.39, 0.29) is 0 Å². The summed E-state index contributed by atoms with van der Waals surface area (Å²) in [7, 11) is 0. The van der Waals surface area contributed by atoms with Gasteiger partial charge in [0.2, 0.25) is 0 Å². The SMILES string of the molecule is CC(C)c1ccc2c(c1)c1ccccc1c1nc3nccnc3n21. The highest BCUT2D eigenvalue weighted by Crippen LogP contribution is 2.32. The molecule has 4 nitrogen and oxygen atoms in total. The Kier molecular flexibility index (Phi) is 2.65. The second-order valence-electron chi connectivity index (χ2n) is 6.45. The van der Waals surface area contributed by atoms with Gasteiger partial charge in [0.25, 0.3) is 0 Å². The number of fused-ring (bicyclic) bond motifs is 8. The lowest BCUT2D eigenvalue weighted by molar-refractivity contribution is 0.868. The Balaban J connectivity index is 2.12. The summed E-state index contributed by atoms with van der Waals surface area (Å²) < 4.78 is 2.13. The van der Waals surface area contributed by atoms with Crippen LogP contribution in [-0.4, -0.2) is 19.4 Å². The average Bonchev–Trinajstić information content (AvgIpc) is 3.01. The molecule has 0 spiro atoms. The van der Waals surface area contributed by atoms with E-state index in [1.54, 1.807) is 12.4 Å². The molecule has 0 radical (unpaired) electrons. The lowest BCUT2D eigenvalue weighted by Gasteiger charge is -2.11. The van der Waals surface area contributed by atoms with Crippen LogP contribution in [0.1, 0.15) is 25.3 Å². The van der Waals surface area contributed by atoms with Crippen molar-refractivity contribution >= 4 is 38.6 Å². The van der Waals surface area contributed by atoms with Crippen molar-refractivity contribution in [1.82, 2.24) is 19.4 Å². The van der Waals surface area contributed by atoms with E-state index in [1.807, 2.05) is 0 Å². The normalized spacial score (nSPS) is 12.1. The molecule has 116 valence electrons. The number of nitrogens with zero attached hydrogens (tertiary/aromatic N) is 4. The summed E-state index contributed by atoms with van der Waals surface area (Å²) in [5.41, 5.74) is 4.86. The number of rotatable bonds is 1. The quantitative estimate of drug-likeness (QED) is 0.421. The standard InChI is InChI=1S/C20H16N4/c1-12(2)13-7-8-17-16(11-13)14-5-3-4-6-15(14)19-23-18-20(24(17)19)22-10-9-21-18/h3-12H,1-2H3. The van der Waals surface area contributed by atoms with Gasteiger partial charge in [-0.25, -0.2) is 15.0 Å². The predicted molar refractivity (Wildman–Crippen MR) is 97.4 cm³/mol. The molecule has 5 rings (SSSR count). The van der Waals surface area contributed by atoms with Crippen LogP contribution in [0.25, 0.3) is 38.6 Å². The van der Waals surface area contributed by atoms with Gasteiger partial charge in [0.1, 0.15) is 5.65 Å². The fourth-order valence-corrected chi connectivity index (χ4v) is 3.46. The van der Waals surface area contributed by atoms with Gasteiger partial charge in [0, 0.05) is 23.2 Å². The second kappa shape index (κ2) is 4.74. The van der Waals surface area contributed by atoms with Crippen LogP contribution < -0.4 is 0 Å². The van der Waals surface area contributed by atoms with Crippen molar-refractivity contribution < 1.29 is 0 Å². The van der Waals surface area contributed by atoms with Crippen LogP contribution in [0.4, 0.5) is 0 Å². The number of pyridine rings is 1. The summed E-state index contributed by atoms with van der Waals surface area (Å²) in [5, 5.41) is 3.58. The van der Waals surface area contributed by atoms with Crippen molar-refractivity contribution in [3.63, 3.8) is 0 Å². The Labute approximate surface area is 138 Å². The van der Waals surface area contributed by atoms with E-state index in [9.17, 15) is 0 Å². The summed E-state index contributed by atoms with van der Waals surface area (Å²) in [4.78, 5) is 13.6. The van der Waals surface area contributed by atoms with Crippen LogP contribution in [-0.2, 0) is 0 Å². The number of aromatic nitrogens is 4. The molecule has 0 bridgehead atoms. The van der Waals surface area contributed by atoms with Gasteiger partial charge in [-0.15, -0.1) is 0 Å². The molecule has 0 fully saturated rings. The van der Waals surface area contributed by atoms with Gasteiger partial charge in [-0.05, 0) is 29.0 Å². The molecule has 4 heteroatoms. The highest BCUT2D eigenvalue weighted by atomic mass is 15.1. The van der Waals surface area contributed by atoms with Crippen molar-refractivity contribution in [2.75, 3.05) is 0 Å². The van der Waals surface area contributed by atoms with Crippen LogP contribution in [0.3, 0.4) is 0 Å². The summed E-state index contributed by atoms with van der Waals surface area (Å²) in [6, 6.07) is 15.1. The maximum absolute atomic E-state index is 4.74. The fraction of sp³-hybridized carbons (Fsp3) is 0.150. The van der Waals surface area contributed by atoms with Gasteiger partial charge in [0.05, 0.1) is 5.52 Å². The Morgan fingerprint density at radius 3 is 2.46 bits per heavy atom. The molecule has 3 heterocycles. The minimum atomic E-state index is 0.489. The maximum Gasteiger partial charge on any atom is 0.198 e. The molecule has 0 aliphatic carbocycles. The smallest absolute Gasteiger partial charge is 0.198 e. The predicted octanol–water partition coefficient (Wildman–Crippen LogP) is 4.71. The van der Waals surface area contributed by atoms with Crippen molar-refractivity contribution in [2.45, 2.75) is 19.8 Å². The zero-order valence-corrected chi connectivity index (χ0v) is 13.6. The minimum Gasteiger partial charge on any atom is -0.275 e. The Hall–Kier alpha value is -3.01. The zero-order valence-electron chi connectivity index (χ0n) is 13.6. The highest BCUT2D eigenvalue weighted by molar-refractivity contribution is 6.13. The van der Waals surface area contributed by atoms with E-state index in [4.69, 9.17) is 4.98 Å². The second-order valence-corrected chi connectivity index (χ2v) is 6.45. The minimum absolute atomic E-state index is 0.489. The van der Waals surface area contributed by atoms with E-state index < -0.39 is 0 Å². The molecule has 0 atom stereocenters. The van der Waals surface area contributed by atoms with Crippen LogP contribution in [0, 0.1) is 0 Å². The van der Waals surface area contributed by atoms with Gasteiger partial charge >= 0.3 is 0 Å². The summed E-state index contributed by atoms with van der Waals surface area (Å²) in [6.07, 6.45) is 3.41. The number of hydrogen-bond donors (Lipinski definition) is 0. The fourth-order valence-electron chi connectivity index (χ4n) is 3.46. The third-order valence-electron chi connectivity index (χ3n) is 4.68. The van der Waals surface area contributed by atoms with E-state index in [2.05, 4.69) is 70.7 Å². The van der Waals surface area contributed by atoms with E-state index >= 15 is 0 Å². The molecule has 3 aromatic heterocycles. The van der Waals surface area contributed by atoms with Gasteiger partial charge in [0.15, 0.2) is 11.3 Å². The Morgan fingerprint density at radius 1 is 0.833 bits per heavy atom. The molecule has 0 unspecified atom stereocenters. The average molecular weight is 312 g/mol. The van der Waals surface area contributed by atoms with Crippen LogP contribution in [0.5, 0.6) is 0 Å². The molecule has 24 heavy (non-hydrogen) atoms. The molecule has 5 aromatic rings. The van der Waals surface area contributed by atoms with Crippen LogP contribution in [0.2, 0.25) is 0 Å². The van der Waals surface area contributed by atoms with E-state index in [0.717, 1.165) is 22.2 Å². The first kappa shape index (κ1) is 13.4. The van der Waals surface area contributed by atoms with E-state index in [0.29, 0.717) is 11.6 Å². The number of hydrogen-bond acceptors (Lipinski definition) is 3. The molecule has 0 N–H and O–H groups in total. The molecule has 0 aliphatic rings. The summed E-state index contributed by atoms with van der Waals surface area (Å²) in [6.45, 7) is 4.44. The topological polar surface area (TPSA) is 43.1 Å². The molecule has 0 aliphatic heterocycles. The lowest BCUT2D eigenvalue weighted by atomic mass is 9.98. The molecule has 0 amide bonds. The molecule has 0 saturated carbocycles. The number of benzene rings is 2. The number of imidazole rings is 1. The lowest BCUT2D eigenvalue weighted by Crippen LogP contribution is -1.95. The van der Waals surface area contributed by atoms with Crippen molar-refractivity contribution in [3.8, 4) is 0 Å². The first-order valence-corrected chi connectivity index (χ1v) is 8.17. The highest BCUT2D eigenvalue weighted by Gasteiger charge is 2.15. The molecular formula is C20H16N4. The van der Waals surface area contributed by atoms with Gasteiger partial charge in [-0.1, -0.05) is 44.2 Å². The largest absolute Gasteiger partial charge is 0.275 e.